The molecule has 0 amide bonds. The molecule has 0 aromatic rings. The van der Waals surface area contributed by atoms with E-state index in [4.69, 9.17) is 53.1 Å². The quantitative estimate of drug-likeness (QED) is 0.0535. The van der Waals surface area contributed by atoms with Crippen LogP contribution in [0.1, 0.15) is 19.3 Å². The van der Waals surface area contributed by atoms with E-state index in [1.54, 1.807) is 0 Å². The van der Waals surface area contributed by atoms with E-state index in [1.807, 2.05) is 0 Å². The summed E-state index contributed by atoms with van der Waals surface area (Å²) in [4.78, 5) is 0. The number of hydrogen-bond acceptors (Lipinski definition) is 27. The predicted molar refractivity (Wildman–Crippen MR) is 193 cm³/mol. The molecule has 27 heteroatoms. The van der Waals surface area contributed by atoms with Gasteiger partial charge in [-0.2, -0.15) is 0 Å². The van der Waals surface area contributed by atoms with Gasteiger partial charge >= 0.3 is 0 Å². The highest BCUT2D eigenvalue weighted by Gasteiger charge is 2.56. The van der Waals surface area contributed by atoms with Gasteiger partial charge in [-0.25, -0.2) is 0 Å². The van der Waals surface area contributed by atoms with Crippen molar-refractivity contribution in [3.05, 3.63) is 0 Å². The van der Waals surface area contributed by atoms with E-state index in [0.717, 1.165) is 12.8 Å². The van der Waals surface area contributed by atoms with Gasteiger partial charge in [-0.15, -0.1) is 0 Å². The van der Waals surface area contributed by atoms with Crippen molar-refractivity contribution in [2.75, 3.05) is 46.2 Å². The van der Waals surface area contributed by atoms with E-state index in [0.29, 0.717) is 13.0 Å². The molecule has 5 saturated heterocycles. The number of ether oxygens (including phenoxy) is 10. The molecule has 5 fully saturated rings. The third-order valence-corrected chi connectivity index (χ3v) is 11.4. The molecule has 18 N–H and O–H groups in total. The third-order valence-electron chi connectivity index (χ3n) is 11.4. The van der Waals surface area contributed by atoms with E-state index < -0.39 is 187 Å². The molecule has 62 heavy (non-hydrogen) atoms. The fourth-order valence-electron chi connectivity index (χ4n) is 7.78. The Bertz CT molecular complexity index is 1310. The molecule has 0 bridgehead atoms. The molecule has 5 heterocycles. The molecular formula is C35H63NO26. The molecule has 5 aliphatic rings. The average molecular weight is 914 g/mol. The first-order chi connectivity index (χ1) is 29.6. The van der Waals surface area contributed by atoms with Gasteiger partial charge < -0.3 is 135 Å². The van der Waals surface area contributed by atoms with Gasteiger partial charge in [0.05, 0.1) is 33.0 Å². The monoisotopic (exact) mass is 913 g/mol. The molecule has 364 valence electrons. The summed E-state index contributed by atoms with van der Waals surface area (Å²) in [5, 5.41) is 168. The molecule has 0 aromatic carbocycles. The zero-order chi connectivity index (χ0) is 45.6. The van der Waals surface area contributed by atoms with Crippen LogP contribution in [0.4, 0.5) is 0 Å². The van der Waals surface area contributed by atoms with Crippen molar-refractivity contribution < 1.29 is 129 Å². The molecular weight excluding hydrogens is 850 g/mol. The van der Waals surface area contributed by atoms with Crippen LogP contribution in [0.3, 0.4) is 0 Å². The van der Waals surface area contributed by atoms with Crippen LogP contribution in [-0.4, -0.2) is 281 Å². The van der Waals surface area contributed by atoms with Crippen LogP contribution < -0.4 is 5.73 Å². The summed E-state index contributed by atoms with van der Waals surface area (Å²) in [6.07, 6.45) is -42.6. The molecule has 15 unspecified atom stereocenters. The van der Waals surface area contributed by atoms with Gasteiger partial charge in [0, 0.05) is 6.61 Å². The van der Waals surface area contributed by atoms with Crippen molar-refractivity contribution in [2.45, 2.75) is 173 Å². The number of aliphatic hydroxyl groups excluding tert-OH is 16. The average Bonchev–Trinajstić information content (AvgIpc) is 3.27. The van der Waals surface area contributed by atoms with Crippen LogP contribution in [-0.2, 0) is 47.4 Å². The Kier molecular flexibility index (Phi) is 19.7. The lowest BCUT2D eigenvalue weighted by atomic mass is 9.95. The summed E-state index contributed by atoms with van der Waals surface area (Å²) >= 11 is 0. The molecule has 5 aliphatic heterocycles. The summed E-state index contributed by atoms with van der Waals surface area (Å²) in [5.74, 6) is 0. The minimum absolute atomic E-state index is 0.139. The Labute approximate surface area is 353 Å². The van der Waals surface area contributed by atoms with E-state index in [2.05, 4.69) is 0 Å². The van der Waals surface area contributed by atoms with Gasteiger partial charge in [0.25, 0.3) is 0 Å². The fourth-order valence-corrected chi connectivity index (χ4v) is 7.78. The highest BCUT2D eigenvalue weighted by atomic mass is 16.8. The number of rotatable bonds is 19. The summed E-state index contributed by atoms with van der Waals surface area (Å²) in [7, 11) is 0. The van der Waals surface area contributed by atoms with Crippen LogP contribution in [0.15, 0.2) is 0 Å². The normalized spacial score (nSPS) is 49.2. The van der Waals surface area contributed by atoms with Crippen LogP contribution in [0.5, 0.6) is 0 Å². The van der Waals surface area contributed by atoms with Crippen molar-refractivity contribution in [3.63, 3.8) is 0 Å². The zero-order valence-corrected chi connectivity index (χ0v) is 33.3. The molecule has 5 rings (SSSR count). The third kappa shape index (κ3) is 11.4. The van der Waals surface area contributed by atoms with Crippen LogP contribution in [0, 0.1) is 0 Å². The van der Waals surface area contributed by atoms with E-state index in [1.165, 1.54) is 0 Å². The Morgan fingerprint density at radius 1 is 0.323 bits per heavy atom. The second-order valence-corrected chi connectivity index (χ2v) is 15.6. The zero-order valence-electron chi connectivity index (χ0n) is 33.3. The fraction of sp³-hybridized carbons (Fsp3) is 1.00. The standard InChI is InChI=1S/C35H63NO26/c36-4-2-1-3-5-53-31-23(49)18(44)27(12(7-38)55-31)60-33-25(51)20(46)29(14(9-40)57-33)62-35-26(52)21(47)30(15(10-41)58-35)61-34-24(50)19(45)28(13(8-39)56-34)59-32-22(48)17(43)16(42)11(6-37)54-32/h11-35,37-52H,1-10,36H2/t11?,12?,13?,14?,15?,16-,17?,18?,19?,20?,21?,22?,23?,24?,25?,26?,27-,28-,29+,30-,31-,32+,33-,34+,35-/m1/s1. The summed E-state index contributed by atoms with van der Waals surface area (Å²) in [6, 6.07) is 0. The van der Waals surface area contributed by atoms with Gasteiger partial charge in [-0.3, -0.25) is 0 Å². The smallest absolute Gasteiger partial charge is 0.187 e. The Morgan fingerprint density at radius 3 is 0.935 bits per heavy atom. The van der Waals surface area contributed by atoms with Crippen LogP contribution in [0.2, 0.25) is 0 Å². The summed E-state index contributed by atoms with van der Waals surface area (Å²) in [6.45, 7) is -3.78. The Balaban J connectivity index is 1.19. The molecule has 0 radical (unpaired) electrons. The van der Waals surface area contributed by atoms with Gasteiger partial charge in [0.15, 0.2) is 31.5 Å². The van der Waals surface area contributed by atoms with Crippen LogP contribution >= 0.6 is 0 Å². The van der Waals surface area contributed by atoms with E-state index in [9.17, 15) is 81.7 Å². The maximum Gasteiger partial charge on any atom is 0.187 e. The number of aliphatic hydroxyl groups is 16. The van der Waals surface area contributed by atoms with Gasteiger partial charge in [-0.1, -0.05) is 0 Å². The molecule has 0 saturated carbocycles. The van der Waals surface area contributed by atoms with Crippen molar-refractivity contribution in [2.24, 2.45) is 5.73 Å². The van der Waals surface area contributed by atoms with Gasteiger partial charge in [0.1, 0.15) is 122 Å². The summed E-state index contributed by atoms with van der Waals surface area (Å²) < 4.78 is 55.8. The first-order valence-corrected chi connectivity index (χ1v) is 20.3. The van der Waals surface area contributed by atoms with Crippen molar-refractivity contribution >= 4 is 0 Å². The molecule has 0 aromatic heterocycles. The largest absolute Gasteiger partial charge is 0.394 e. The lowest BCUT2D eigenvalue weighted by Gasteiger charge is -2.49. The molecule has 25 atom stereocenters. The van der Waals surface area contributed by atoms with Crippen molar-refractivity contribution in [1.82, 2.24) is 0 Å². The molecule has 0 spiro atoms. The van der Waals surface area contributed by atoms with Gasteiger partial charge in [0.2, 0.25) is 0 Å². The second kappa shape index (κ2) is 23.6. The van der Waals surface area contributed by atoms with Crippen molar-refractivity contribution in [3.8, 4) is 0 Å². The Morgan fingerprint density at radius 2 is 0.613 bits per heavy atom. The second-order valence-electron chi connectivity index (χ2n) is 15.6. The maximum atomic E-state index is 11.2. The predicted octanol–water partition coefficient (Wildman–Crippen LogP) is -10.8. The highest BCUT2D eigenvalue weighted by molar-refractivity contribution is 4.99. The molecule has 27 nitrogen and oxygen atoms in total. The minimum atomic E-state index is -2.11. The van der Waals surface area contributed by atoms with Crippen molar-refractivity contribution in [1.29, 1.82) is 0 Å². The Hall–Kier alpha value is -1.08. The van der Waals surface area contributed by atoms with Crippen LogP contribution in [0.25, 0.3) is 0 Å². The first kappa shape index (κ1) is 51.9. The highest BCUT2D eigenvalue weighted by Crippen LogP contribution is 2.35. The SMILES string of the molecule is NCCCCCO[C@@H]1OC(CO)[C@@H](O[C@H]2OC(CO)[C@H](O[C@H]3OC(CO)[C@@H](O[C@@H]4OC(CO)[C@@H](O[C@@H]5OC(CO)[C@@H](O)C(O)C5O)C(O)C4O)C(O)C3O)C(O)C2O)C(O)C1O. The first-order valence-electron chi connectivity index (χ1n) is 20.3. The maximum absolute atomic E-state index is 11.2. The summed E-state index contributed by atoms with van der Waals surface area (Å²) in [5.41, 5.74) is 5.48. The number of hydrogen-bond donors (Lipinski definition) is 17. The van der Waals surface area contributed by atoms with E-state index in [-0.39, 0.29) is 6.61 Å². The number of unbranched alkanes of at least 4 members (excludes halogenated alkanes) is 2. The van der Waals surface area contributed by atoms with Gasteiger partial charge in [-0.05, 0) is 25.8 Å². The molecule has 0 aliphatic carbocycles. The van der Waals surface area contributed by atoms with E-state index >= 15 is 0 Å². The topological polar surface area (TPSA) is 442 Å². The lowest BCUT2D eigenvalue weighted by molar-refractivity contribution is -0.393. The lowest BCUT2D eigenvalue weighted by Crippen LogP contribution is -2.68. The minimum Gasteiger partial charge on any atom is -0.394 e. The number of nitrogens with two attached hydrogens (primary N) is 1.